The predicted molar refractivity (Wildman–Crippen MR) is 43.6 cm³/mol. The molecule has 2 unspecified atom stereocenters. The van der Waals surface area contributed by atoms with Crippen molar-refractivity contribution in [2.24, 2.45) is 5.73 Å². The topological polar surface area (TPSA) is 63.4 Å². The third-order valence-electron chi connectivity index (χ3n) is 1.95. The first kappa shape index (κ1) is 8.52. The van der Waals surface area contributed by atoms with E-state index in [1.165, 1.54) is 4.90 Å². The summed E-state index contributed by atoms with van der Waals surface area (Å²) >= 11 is 0. The van der Waals surface area contributed by atoms with E-state index in [9.17, 15) is 9.00 Å². The van der Waals surface area contributed by atoms with Gasteiger partial charge in [0.25, 0.3) is 0 Å². The fourth-order valence-corrected chi connectivity index (χ4v) is 2.66. The summed E-state index contributed by atoms with van der Waals surface area (Å²) in [6.07, 6.45) is 0.812. The number of carbonyl (C=O) groups excluding carboxylic acids is 1. The van der Waals surface area contributed by atoms with Crippen molar-refractivity contribution in [3.05, 3.63) is 0 Å². The summed E-state index contributed by atoms with van der Waals surface area (Å²) in [5, 5.41) is 0. The molecule has 2 N–H and O–H groups in total. The van der Waals surface area contributed by atoms with Gasteiger partial charge >= 0.3 is 6.03 Å². The highest BCUT2D eigenvalue weighted by Crippen LogP contribution is 2.12. The second-order valence-electron chi connectivity index (χ2n) is 2.70. The Kier molecular flexibility index (Phi) is 2.49. The van der Waals surface area contributed by atoms with E-state index in [1.54, 1.807) is 7.05 Å². The third kappa shape index (κ3) is 1.92. The minimum atomic E-state index is -0.739. The average Bonchev–Trinajstić information content (AvgIpc) is 2.34. The molecule has 0 aliphatic carbocycles. The summed E-state index contributed by atoms with van der Waals surface area (Å²) in [6.45, 7) is 0. The van der Waals surface area contributed by atoms with E-state index >= 15 is 0 Å². The van der Waals surface area contributed by atoms with Gasteiger partial charge in [-0.05, 0) is 6.42 Å². The molecule has 5 heteroatoms. The maximum atomic E-state index is 10.9. The van der Waals surface area contributed by atoms with Gasteiger partial charge in [0.15, 0.2) is 0 Å². The van der Waals surface area contributed by atoms with Gasteiger partial charge in [-0.3, -0.25) is 4.21 Å². The Morgan fingerprint density at radius 1 is 1.73 bits per heavy atom. The molecule has 1 aliphatic rings. The minimum absolute atomic E-state index is 0.0910. The molecule has 1 rings (SSSR count). The first-order valence-electron chi connectivity index (χ1n) is 3.48. The molecule has 1 aliphatic heterocycles. The zero-order valence-electron chi connectivity index (χ0n) is 6.45. The predicted octanol–water partition coefficient (Wildman–Crippen LogP) is -0.482. The van der Waals surface area contributed by atoms with Crippen molar-refractivity contribution in [2.75, 3.05) is 18.6 Å². The minimum Gasteiger partial charge on any atom is -0.351 e. The molecule has 64 valence electrons. The number of hydrogen-bond donors (Lipinski definition) is 1. The number of rotatable bonds is 1. The molecule has 2 atom stereocenters. The molecule has 0 radical (unpaired) electrons. The van der Waals surface area contributed by atoms with Crippen LogP contribution in [0, 0.1) is 0 Å². The average molecular weight is 176 g/mol. The number of carbonyl (C=O) groups is 1. The molecule has 1 fully saturated rings. The lowest BCUT2D eigenvalue weighted by Gasteiger charge is -2.20. The van der Waals surface area contributed by atoms with Crippen LogP contribution in [0.3, 0.4) is 0 Å². The van der Waals surface area contributed by atoms with Crippen LogP contribution in [0.4, 0.5) is 4.79 Å². The molecule has 0 bridgehead atoms. The summed E-state index contributed by atoms with van der Waals surface area (Å²) in [5.74, 6) is 1.28. The Labute approximate surface area is 68.2 Å². The maximum absolute atomic E-state index is 10.9. The fraction of sp³-hybridized carbons (Fsp3) is 0.833. The first-order valence-corrected chi connectivity index (χ1v) is 4.97. The highest BCUT2D eigenvalue weighted by atomic mass is 32.2. The van der Waals surface area contributed by atoms with Gasteiger partial charge in [0, 0.05) is 35.4 Å². The van der Waals surface area contributed by atoms with Crippen molar-refractivity contribution in [1.82, 2.24) is 4.90 Å². The molecular weight excluding hydrogens is 164 g/mol. The molecule has 0 saturated carbocycles. The molecule has 2 amide bonds. The number of primary amides is 1. The first-order chi connectivity index (χ1) is 5.11. The summed E-state index contributed by atoms with van der Waals surface area (Å²) in [6, 6.07) is -0.345. The van der Waals surface area contributed by atoms with E-state index in [2.05, 4.69) is 0 Å². The molecule has 0 aromatic rings. The van der Waals surface area contributed by atoms with E-state index in [1.807, 2.05) is 0 Å². The lowest BCUT2D eigenvalue weighted by atomic mass is 10.2. The van der Waals surface area contributed by atoms with Crippen molar-refractivity contribution in [1.29, 1.82) is 0 Å². The normalized spacial score (nSPS) is 30.3. The van der Waals surface area contributed by atoms with E-state index in [-0.39, 0.29) is 6.04 Å². The van der Waals surface area contributed by atoms with Crippen molar-refractivity contribution in [2.45, 2.75) is 12.5 Å². The summed E-state index contributed by atoms with van der Waals surface area (Å²) in [5.41, 5.74) is 5.05. The Morgan fingerprint density at radius 3 is 2.73 bits per heavy atom. The number of hydrogen-bond acceptors (Lipinski definition) is 2. The standard InChI is InChI=1S/C6H12N2O2S/c1-8(6(7)9)5-2-3-11(10)4-5/h5H,2-4H2,1H3,(H2,7,9). The monoisotopic (exact) mass is 176 g/mol. The van der Waals surface area contributed by atoms with Crippen LogP contribution in [0.2, 0.25) is 0 Å². The van der Waals surface area contributed by atoms with Gasteiger partial charge in [-0.1, -0.05) is 0 Å². The number of amides is 2. The van der Waals surface area contributed by atoms with Crippen molar-refractivity contribution in [3.8, 4) is 0 Å². The van der Waals surface area contributed by atoms with Gasteiger partial charge in [0.2, 0.25) is 0 Å². The van der Waals surface area contributed by atoms with E-state index < -0.39 is 16.8 Å². The molecule has 1 heterocycles. The molecule has 0 aromatic carbocycles. The maximum Gasteiger partial charge on any atom is 0.314 e. The second-order valence-corrected chi connectivity index (χ2v) is 4.32. The zero-order valence-corrected chi connectivity index (χ0v) is 7.26. The van der Waals surface area contributed by atoms with Crippen LogP contribution in [-0.2, 0) is 10.8 Å². The highest BCUT2D eigenvalue weighted by Gasteiger charge is 2.26. The third-order valence-corrected chi connectivity index (χ3v) is 3.40. The summed E-state index contributed by atoms with van der Waals surface area (Å²) in [4.78, 5) is 12.1. The Balaban J connectivity index is 2.49. The van der Waals surface area contributed by atoms with Gasteiger partial charge in [-0.15, -0.1) is 0 Å². The second kappa shape index (κ2) is 3.21. The largest absolute Gasteiger partial charge is 0.351 e. The van der Waals surface area contributed by atoms with Crippen LogP contribution in [0.25, 0.3) is 0 Å². The van der Waals surface area contributed by atoms with Gasteiger partial charge in [0.05, 0.1) is 0 Å². The zero-order chi connectivity index (χ0) is 8.43. The number of nitrogens with zero attached hydrogens (tertiary/aromatic N) is 1. The molecular formula is C6H12N2O2S. The number of nitrogens with two attached hydrogens (primary N) is 1. The Hall–Kier alpha value is -0.580. The van der Waals surface area contributed by atoms with Crippen LogP contribution in [0.1, 0.15) is 6.42 Å². The van der Waals surface area contributed by atoms with Crippen molar-refractivity contribution < 1.29 is 9.00 Å². The van der Waals surface area contributed by atoms with Crippen molar-refractivity contribution in [3.63, 3.8) is 0 Å². The lowest BCUT2D eigenvalue weighted by Crippen LogP contribution is -2.40. The van der Waals surface area contributed by atoms with Crippen molar-refractivity contribution >= 4 is 16.8 Å². The van der Waals surface area contributed by atoms with Crippen LogP contribution < -0.4 is 5.73 Å². The van der Waals surface area contributed by atoms with Gasteiger partial charge in [-0.25, -0.2) is 4.79 Å². The van der Waals surface area contributed by atoms with E-state index in [0.29, 0.717) is 11.5 Å². The summed E-state index contributed by atoms with van der Waals surface area (Å²) < 4.78 is 10.9. The molecule has 11 heavy (non-hydrogen) atoms. The smallest absolute Gasteiger partial charge is 0.314 e. The molecule has 0 spiro atoms. The molecule has 0 aromatic heterocycles. The summed E-state index contributed by atoms with van der Waals surface area (Å²) in [7, 11) is 0.909. The van der Waals surface area contributed by atoms with Gasteiger partial charge < -0.3 is 10.6 Å². The SMILES string of the molecule is CN(C(N)=O)C1CCS(=O)C1. The highest BCUT2D eigenvalue weighted by molar-refractivity contribution is 7.85. The van der Waals surface area contributed by atoms with Crippen LogP contribution in [0.5, 0.6) is 0 Å². The Morgan fingerprint density at radius 2 is 2.36 bits per heavy atom. The lowest BCUT2D eigenvalue weighted by molar-refractivity contribution is 0.205. The van der Waals surface area contributed by atoms with Gasteiger partial charge in [-0.2, -0.15) is 0 Å². The molecule has 1 saturated heterocycles. The Bertz CT molecular complexity index is 195. The molecule has 4 nitrogen and oxygen atoms in total. The van der Waals surface area contributed by atoms with E-state index in [0.717, 1.165) is 6.42 Å². The van der Waals surface area contributed by atoms with E-state index in [4.69, 9.17) is 5.73 Å². The number of urea groups is 1. The van der Waals surface area contributed by atoms with Crippen LogP contribution >= 0.6 is 0 Å². The van der Waals surface area contributed by atoms with Gasteiger partial charge in [0.1, 0.15) is 0 Å². The fourth-order valence-electron chi connectivity index (χ4n) is 1.13. The van der Waals surface area contributed by atoms with Crippen LogP contribution in [0.15, 0.2) is 0 Å². The quantitative estimate of drug-likeness (QED) is 0.586. The van der Waals surface area contributed by atoms with Crippen LogP contribution in [-0.4, -0.2) is 39.7 Å².